The van der Waals surface area contributed by atoms with E-state index in [2.05, 4.69) is 20.5 Å². The monoisotopic (exact) mass is 708 g/mol. The highest BCUT2D eigenvalue weighted by Gasteiger charge is 2.12. The molecule has 0 fully saturated rings. The first-order chi connectivity index (χ1) is 21.6. The largest absolute Gasteiger partial charge is 0.469 e. The molecule has 0 saturated heterocycles. The summed E-state index contributed by atoms with van der Waals surface area (Å²) < 4.78 is 15.1. The molecule has 0 radical (unpaired) electrons. The summed E-state index contributed by atoms with van der Waals surface area (Å²) in [6.45, 7) is 0.170. The van der Waals surface area contributed by atoms with Crippen molar-refractivity contribution in [1.82, 2.24) is 0 Å². The van der Waals surface area contributed by atoms with Crippen molar-refractivity contribution in [3.05, 3.63) is 0 Å². The molecule has 0 aliphatic heterocycles. The smallest absolute Gasteiger partial charge is 0.303 e. The maximum absolute atomic E-state index is 10.6. The van der Waals surface area contributed by atoms with Crippen molar-refractivity contribution in [3.63, 3.8) is 0 Å². The maximum Gasteiger partial charge on any atom is 0.469 e. The Balaban J connectivity index is 3.05. The molecule has 0 unspecified atom stereocenters. The van der Waals surface area contributed by atoms with Crippen LogP contribution in [0.25, 0.3) is 0 Å². The van der Waals surface area contributed by atoms with Crippen molar-refractivity contribution in [2.45, 2.75) is 231 Å². The van der Waals surface area contributed by atoms with Gasteiger partial charge in [0.25, 0.3) is 0 Å². The van der Waals surface area contributed by atoms with Crippen LogP contribution >= 0.6 is 23.8 Å². The number of unbranched alkanes of at least 4 members (excludes halogenated alkanes) is 35. The van der Waals surface area contributed by atoms with Crippen LogP contribution in [0.15, 0.2) is 0 Å². The van der Waals surface area contributed by atoms with Crippen LogP contribution in [0.4, 0.5) is 0 Å². The molecule has 0 aromatic heterocycles. The van der Waals surface area contributed by atoms with Gasteiger partial charge in [-0.15, -0.1) is 0 Å². The second kappa shape index (κ2) is 38.0. The summed E-state index contributed by atoms with van der Waals surface area (Å²) in [5.74, 6) is 0. The van der Waals surface area contributed by atoms with E-state index in [0.29, 0.717) is 0 Å². The number of rotatable bonds is 39. The van der Waals surface area contributed by atoms with E-state index in [0.717, 1.165) is 19.3 Å². The molecular weight excluding hydrogens is 631 g/mol. The maximum atomic E-state index is 10.6. The Labute approximate surface area is 284 Å². The van der Waals surface area contributed by atoms with Crippen molar-refractivity contribution >= 4 is 23.8 Å². The van der Waals surface area contributed by atoms with Crippen molar-refractivity contribution in [1.29, 1.82) is 0 Å². The van der Waals surface area contributed by atoms with E-state index in [1.807, 2.05) is 0 Å². The van der Waals surface area contributed by atoms with E-state index in [1.54, 1.807) is 0 Å². The summed E-state index contributed by atoms with van der Waals surface area (Å²) >= 11 is 3.52. The second-order valence-electron chi connectivity index (χ2n) is 13.7. The number of hydrogen-bond donors (Lipinski definition) is 2. The average Bonchev–Trinajstić information content (AvgIpc) is 3.00. The fourth-order valence-electron chi connectivity index (χ4n) is 6.39. The lowest BCUT2D eigenvalue weighted by atomic mass is 10.0. The van der Waals surface area contributed by atoms with Gasteiger partial charge in [0.2, 0.25) is 0 Å². The van der Waals surface area contributed by atoms with Crippen molar-refractivity contribution in [3.8, 4) is 0 Å². The van der Waals surface area contributed by atoms with Gasteiger partial charge < -0.3 is 9.79 Å². The molecule has 44 heavy (non-hydrogen) atoms. The van der Waals surface area contributed by atoms with E-state index in [4.69, 9.17) is 9.79 Å². The third-order valence-corrected chi connectivity index (χ3v) is 10.4. The number of halogens is 1. The van der Waals surface area contributed by atoms with Gasteiger partial charge in [0.15, 0.2) is 0 Å². The topological polar surface area (TPSA) is 66.8 Å². The second-order valence-corrected chi connectivity index (χ2v) is 15.8. The first-order valence-corrected chi connectivity index (χ1v) is 22.5. The van der Waals surface area contributed by atoms with Crippen LogP contribution in [0, 0.1) is 0 Å². The molecule has 4 nitrogen and oxygen atoms in total. The van der Waals surface area contributed by atoms with Gasteiger partial charge in [-0.3, -0.25) is 4.52 Å². The zero-order chi connectivity index (χ0) is 32.1. The van der Waals surface area contributed by atoms with Gasteiger partial charge in [-0.2, -0.15) is 0 Å². The van der Waals surface area contributed by atoms with E-state index < -0.39 is 7.82 Å². The Hall–Kier alpha value is 0.590. The molecule has 0 aromatic carbocycles. The fraction of sp³-hybridized carbons (Fsp3) is 1.00. The zero-order valence-corrected chi connectivity index (χ0v) is 31.9. The molecule has 266 valence electrons. The lowest BCUT2D eigenvalue weighted by molar-refractivity contribution is 0.193. The van der Waals surface area contributed by atoms with E-state index in [1.165, 1.54) is 217 Å². The number of phosphoric acid groups is 1. The normalized spacial score (nSPS) is 12.0. The van der Waals surface area contributed by atoms with Gasteiger partial charge in [0.1, 0.15) is 0 Å². The minimum absolute atomic E-state index is 0.170. The average molecular weight is 710 g/mol. The summed E-state index contributed by atoms with van der Waals surface area (Å²) in [4.78, 5) is 17.3. The van der Waals surface area contributed by atoms with Crippen LogP contribution in [0.3, 0.4) is 0 Å². The van der Waals surface area contributed by atoms with Crippen LogP contribution in [0.2, 0.25) is 0 Å². The molecule has 0 heterocycles. The van der Waals surface area contributed by atoms with Gasteiger partial charge in [-0.05, 0) is 12.8 Å². The minimum Gasteiger partial charge on any atom is -0.303 e. The predicted molar refractivity (Wildman–Crippen MR) is 198 cm³/mol. The molecule has 6 heteroatoms. The molecular formula is C38H78BrO4P. The van der Waals surface area contributed by atoms with Gasteiger partial charge in [-0.25, -0.2) is 4.57 Å². The molecule has 0 aliphatic rings. The van der Waals surface area contributed by atoms with E-state index in [9.17, 15) is 4.57 Å². The molecule has 2 N–H and O–H groups in total. The molecule has 0 rings (SSSR count). The van der Waals surface area contributed by atoms with Crippen molar-refractivity contribution < 1.29 is 18.9 Å². The van der Waals surface area contributed by atoms with Gasteiger partial charge in [0, 0.05) is 5.33 Å². The van der Waals surface area contributed by atoms with Gasteiger partial charge >= 0.3 is 7.82 Å². The number of hydrogen-bond acceptors (Lipinski definition) is 2. The first-order valence-electron chi connectivity index (χ1n) is 19.8. The zero-order valence-electron chi connectivity index (χ0n) is 29.4. The third kappa shape index (κ3) is 42.6. The van der Waals surface area contributed by atoms with E-state index in [-0.39, 0.29) is 6.61 Å². The Morgan fingerprint density at radius 2 is 0.477 bits per heavy atom. The Morgan fingerprint density at radius 3 is 0.636 bits per heavy atom. The highest BCUT2D eigenvalue weighted by molar-refractivity contribution is 9.09. The third-order valence-electron chi connectivity index (χ3n) is 9.29. The van der Waals surface area contributed by atoms with Gasteiger partial charge in [0.05, 0.1) is 6.61 Å². The Kier molecular flexibility index (Phi) is 38.6. The highest BCUT2D eigenvalue weighted by Crippen LogP contribution is 2.35. The number of phosphoric ester groups is 1. The fourth-order valence-corrected chi connectivity index (χ4v) is 7.15. The van der Waals surface area contributed by atoms with Crippen LogP contribution < -0.4 is 0 Å². The quantitative estimate of drug-likeness (QED) is 0.0379. The van der Waals surface area contributed by atoms with Crippen LogP contribution in [-0.4, -0.2) is 21.7 Å². The lowest BCUT2D eigenvalue weighted by Gasteiger charge is -2.05. The number of alkyl halides is 1. The summed E-state index contributed by atoms with van der Waals surface area (Å²) in [6, 6.07) is 0. The Bertz CT molecular complexity index is 571. The standard InChI is InChI=1S/C38H78BrO4P/c39-37-35-33-31-29-27-25-23-21-19-17-15-13-11-9-7-5-3-1-2-4-6-8-10-12-14-16-18-20-22-24-26-28-30-32-34-36-38-43-44(40,41)42/h1-38H2,(H2,40,41,42). The highest BCUT2D eigenvalue weighted by atomic mass is 79.9. The van der Waals surface area contributed by atoms with Crippen molar-refractivity contribution in [2.24, 2.45) is 0 Å². The molecule has 0 amide bonds. The van der Waals surface area contributed by atoms with Crippen molar-refractivity contribution in [2.75, 3.05) is 11.9 Å². The van der Waals surface area contributed by atoms with Crippen LogP contribution in [0.1, 0.15) is 231 Å². The summed E-state index contributed by atoms with van der Waals surface area (Å²) in [5, 5.41) is 1.18. The van der Waals surface area contributed by atoms with Crippen LogP contribution in [0.5, 0.6) is 0 Å². The molecule has 0 aromatic rings. The molecule has 0 bridgehead atoms. The first kappa shape index (κ1) is 44.6. The minimum atomic E-state index is -4.27. The SMILES string of the molecule is O=P(O)(O)OCCCCCCCCCCCCCCCCCCCCCCCCCCCCCCCCCCCCCCBr. The molecule has 0 spiro atoms. The van der Waals surface area contributed by atoms with Crippen LogP contribution in [-0.2, 0) is 9.09 Å². The molecule has 0 saturated carbocycles. The van der Waals surface area contributed by atoms with E-state index >= 15 is 0 Å². The Morgan fingerprint density at radius 1 is 0.318 bits per heavy atom. The molecule has 0 atom stereocenters. The van der Waals surface area contributed by atoms with Gasteiger partial charge in [-0.1, -0.05) is 234 Å². The summed E-state index contributed by atoms with van der Waals surface area (Å²) in [5.41, 5.74) is 0. The summed E-state index contributed by atoms with van der Waals surface area (Å²) in [7, 11) is -4.27. The lowest BCUT2D eigenvalue weighted by Crippen LogP contribution is -1.92. The summed E-state index contributed by atoms with van der Waals surface area (Å²) in [6.07, 6.45) is 50.1. The molecule has 0 aliphatic carbocycles. The predicted octanol–water partition coefficient (Wildman–Crippen LogP) is 14.5.